The first-order valence-corrected chi connectivity index (χ1v) is 15.8. The maximum Gasteiger partial charge on any atom is 0.0960 e. The number of nitriles is 1. The average molecular weight is 567 g/mol. The van der Waals surface area contributed by atoms with Crippen molar-refractivity contribution in [3.63, 3.8) is 0 Å². The Labute approximate surface area is 257 Å². The lowest BCUT2D eigenvalue weighted by atomic mass is 9.74. The lowest BCUT2D eigenvalue weighted by molar-refractivity contribution is -0.0897. The maximum absolute atomic E-state index is 9.91. The third kappa shape index (κ3) is 19.4. The van der Waals surface area contributed by atoms with Crippen LogP contribution in [0.4, 0.5) is 0 Å². The highest BCUT2D eigenvalue weighted by Gasteiger charge is 2.40. The van der Waals surface area contributed by atoms with Crippen LogP contribution in [0.5, 0.6) is 0 Å². The van der Waals surface area contributed by atoms with Gasteiger partial charge in [-0.3, -0.25) is 4.90 Å². The van der Waals surface area contributed by atoms with E-state index in [2.05, 4.69) is 88.6 Å². The van der Waals surface area contributed by atoms with Gasteiger partial charge in [0.25, 0.3) is 0 Å². The van der Waals surface area contributed by atoms with Crippen molar-refractivity contribution in [1.29, 1.82) is 5.26 Å². The van der Waals surface area contributed by atoms with Crippen LogP contribution in [0, 0.1) is 16.7 Å². The number of hydrogen-bond acceptors (Lipinski definition) is 3. The molecule has 3 heteroatoms. The Morgan fingerprint density at radius 1 is 0.976 bits per heavy atom. The van der Waals surface area contributed by atoms with E-state index in [-0.39, 0.29) is 11.6 Å². The van der Waals surface area contributed by atoms with Gasteiger partial charge in [-0.05, 0) is 86.6 Å². The summed E-state index contributed by atoms with van der Waals surface area (Å²) < 4.78 is 6.13. The fraction of sp³-hybridized carbons (Fsp3) is 0.605. The van der Waals surface area contributed by atoms with Gasteiger partial charge in [0.1, 0.15) is 0 Å². The molecule has 3 nitrogen and oxygen atoms in total. The fourth-order valence-corrected chi connectivity index (χ4v) is 3.99. The Hall–Kier alpha value is -2.41. The zero-order chi connectivity index (χ0) is 32.2. The van der Waals surface area contributed by atoms with Crippen molar-refractivity contribution < 1.29 is 4.74 Å². The van der Waals surface area contributed by atoms with Crippen molar-refractivity contribution in [2.24, 2.45) is 5.41 Å². The van der Waals surface area contributed by atoms with Crippen LogP contribution < -0.4 is 0 Å². The number of allylic oxidation sites excluding steroid dienone is 11. The summed E-state index contributed by atoms with van der Waals surface area (Å²) in [4.78, 5) is 2.48. The highest BCUT2D eigenvalue weighted by Crippen LogP contribution is 2.38. The zero-order valence-corrected chi connectivity index (χ0v) is 29.1. The summed E-state index contributed by atoms with van der Waals surface area (Å²) in [5.41, 5.74) is 1.83. The van der Waals surface area contributed by atoms with Crippen LogP contribution in [0.25, 0.3) is 0 Å². The molecule has 0 aromatic heterocycles. The van der Waals surface area contributed by atoms with Gasteiger partial charge in [0.15, 0.2) is 0 Å². The van der Waals surface area contributed by atoms with E-state index < -0.39 is 5.41 Å². The van der Waals surface area contributed by atoms with Crippen molar-refractivity contribution in [2.75, 3.05) is 19.7 Å². The summed E-state index contributed by atoms with van der Waals surface area (Å²) in [6.45, 7) is 31.3. The average Bonchev–Trinajstić information content (AvgIpc) is 2.96. The van der Waals surface area contributed by atoms with Crippen molar-refractivity contribution in [2.45, 2.75) is 127 Å². The third-order valence-electron chi connectivity index (χ3n) is 7.03. The highest BCUT2D eigenvalue weighted by atomic mass is 16.5. The number of likely N-dealkylation sites (tertiary alicyclic amines) is 1. The number of ether oxygens (including phenoxy) is 1. The van der Waals surface area contributed by atoms with E-state index in [1.54, 1.807) is 0 Å². The molecule has 0 bridgehead atoms. The van der Waals surface area contributed by atoms with E-state index in [4.69, 9.17) is 4.74 Å². The molecule has 1 atom stereocenters. The molecular weight excluding hydrogens is 500 g/mol. The molecule has 1 aliphatic rings. The van der Waals surface area contributed by atoms with Gasteiger partial charge in [0.2, 0.25) is 0 Å². The Kier molecular flexibility index (Phi) is 29.1. The molecule has 0 saturated carbocycles. The first-order chi connectivity index (χ1) is 19.6. The summed E-state index contributed by atoms with van der Waals surface area (Å²) in [7, 11) is 0. The van der Waals surface area contributed by atoms with Gasteiger partial charge in [-0.1, -0.05) is 113 Å². The van der Waals surface area contributed by atoms with E-state index in [1.807, 2.05) is 78.8 Å². The monoisotopic (exact) mass is 567 g/mol. The predicted octanol–water partition coefficient (Wildman–Crippen LogP) is 11.3. The summed E-state index contributed by atoms with van der Waals surface area (Å²) >= 11 is 0. The van der Waals surface area contributed by atoms with Gasteiger partial charge >= 0.3 is 0 Å². The minimum Gasteiger partial charge on any atom is -0.371 e. The van der Waals surface area contributed by atoms with Crippen molar-refractivity contribution in [3.05, 3.63) is 84.6 Å². The Morgan fingerprint density at radius 3 is 1.98 bits per heavy atom. The maximum atomic E-state index is 9.91. The van der Waals surface area contributed by atoms with Crippen LogP contribution in [0.15, 0.2) is 84.6 Å². The van der Waals surface area contributed by atoms with Gasteiger partial charge in [-0.25, -0.2) is 0 Å². The number of nitrogens with zero attached hydrogens (tertiary/aromatic N) is 2. The Bertz CT molecular complexity index is 853. The molecule has 0 radical (unpaired) electrons. The molecular formula is C38H66N2O. The molecule has 1 rings (SSSR count). The molecule has 41 heavy (non-hydrogen) atoms. The molecule has 1 saturated heterocycles. The van der Waals surface area contributed by atoms with Crippen LogP contribution in [0.1, 0.15) is 115 Å². The van der Waals surface area contributed by atoms with E-state index in [1.165, 1.54) is 5.57 Å². The van der Waals surface area contributed by atoms with E-state index in [9.17, 15) is 5.26 Å². The van der Waals surface area contributed by atoms with E-state index in [0.717, 1.165) is 50.8 Å². The smallest absolute Gasteiger partial charge is 0.0960 e. The molecule has 0 aromatic carbocycles. The molecule has 1 fully saturated rings. The lowest BCUT2D eigenvalue weighted by Crippen LogP contribution is -2.61. The minimum atomic E-state index is -0.503. The fourth-order valence-electron chi connectivity index (χ4n) is 3.99. The van der Waals surface area contributed by atoms with Crippen molar-refractivity contribution >= 4 is 0 Å². The second kappa shape index (κ2) is 27.7. The molecule has 0 aliphatic carbocycles. The second-order valence-corrected chi connectivity index (χ2v) is 10.5. The molecule has 1 aliphatic heterocycles. The number of rotatable bonds is 14. The van der Waals surface area contributed by atoms with E-state index >= 15 is 0 Å². The summed E-state index contributed by atoms with van der Waals surface area (Å²) in [6, 6.07) is 2.57. The van der Waals surface area contributed by atoms with Crippen molar-refractivity contribution in [1.82, 2.24) is 4.90 Å². The first kappa shape index (κ1) is 43.0. The number of hydrogen-bond donors (Lipinski definition) is 0. The van der Waals surface area contributed by atoms with Crippen LogP contribution >= 0.6 is 0 Å². The summed E-state index contributed by atoms with van der Waals surface area (Å²) in [5.74, 6) is 0. The predicted molar refractivity (Wildman–Crippen MR) is 186 cm³/mol. The minimum absolute atomic E-state index is 0.0401. The third-order valence-corrected chi connectivity index (χ3v) is 7.03. The molecule has 0 N–H and O–H groups in total. The quantitative estimate of drug-likeness (QED) is 0.155. The SMILES string of the molecule is C/C=C\C.C/C=C\CC.C=C/C=C(\C=C/CCC)COC1CN(C(C)(C)CCC(C#N)(/C=C/C)/C(C)=C/C)C1.CC. The molecule has 1 heterocycles. The summed E-state index contributed by atoms with van der Waals surface area (Å²) in [6.07, 6.45) is 28.0. The summed E-state index contributed by atoms with van der Waals surface area (Å²) in [5, 5.41) is 9.91. The second-order valence-electron chi connectivity index (χ2n) is 10.5. The molecule has 1 unspecified atom stereocenters. The normalized spacial score (nSPS) is 16.3. The van der Waals surface area contributed by atoms with E-state index in [0.29, 0.717) is 6.61 Å². The molecule has 0 amide bonds. The van der Waals surface area contributed by atoms with Gasteiger partial charge in [0.05, 0.1) is 24.2 Å². The lowest BCUT2D eigenvalue weighted by Gasteiger charge is -2.49. The largest absolute Gasteiger partial charge is 0.371 e. The Balaban J connectivity index is -0.00000112. The van der Waals surface area contributed by atoms with Gasteiger partial charge in [-0.15, -0.1) is 0 Å². The first-order valence-electron chi connectivity index (χ1n) is 15.8. The van der Waals surface area contributed by atoms with Crippen LogP contribution in [-0.4, -0.2) is 36.2 Å². The number of unbranched alkanes of at least 4 members (excludes halogenated alkanes) is 1. The van der Waals surface area contributed by atoms with Crippen LogP contribution in [0.3, 0.4) is 0 Å². The molecule has 0 aromatic rings. The van der Waals surface area contributed by atoms with Gasteiger partial charge in [0, 0.05) is 18.6 Å². The molecule has 234 valence electrons. The van der Waals surface area contributed by atoms with Crippen LogP contribution in [0.2, 0.25) is 0 Å². The van der Waals surface area contributed by atoms with Crippen LogP contribution in [-0.2, 0) is 4.74 Å². The Morgan fingerprint density at radius 2 is 1.59 bits per heavy atom. The zero-order valence-electron chi connectivity index (χ0n) is 29.1. The van der Waals surface area contributed by atoms with Gasteiger partial charge in [-0.2, -0.15) is 5.26 Å². The topological polar surface area (TPSA) is 36.3 Å². The molecule has 0 spiro atoms. The van der Waals surface area contributed by atoms with Crippen molar-refractivity contribution in [3.8, 4) is 6.07 Å². The standard InChI is InChI=1S/C27H42N2O.C5H10.C4H8.C2H6/c1-8-12-13-15-24(14-9-2)21-30-25-19-29(20-25)26(6,7)17-18-27(22-28,16-10-3)23(5)11-4;1-3-5-4-2;1-3-4-2;1-2/h9-11,13-16,25H,2,8,12,17-21H2,1,3-7H3;3,5H,4H2,1-2H3;3-4H,1-2H3;1-2H3/b15-13-,16-10+,23-11+,24-14+;5-3-;4-3-;. The highest BCUT2D eigenvalue weighted by molar-refractivity contribution is 5.29. The van der Waals surface area contributed by atoms with Gasteiger partial charge < -0.3 is 4.74 Å².